The van der Waals surface area contributed by atoms with E-state index in [4.69, 9.17) is 4.74 Å². The van der Waals surface area contributed by atoms with Gasteiger partial charge in [0.1, 0.15) is 0 Å². The van der Waals surface area contributed by atoms with Gasteiger partial charge in [-0.25, -0.2) is 0 Å². The van der Waals surface area contributed by atoms with Crippen LogP contribution in [0.4, 0.5) is 0 Å². The van der Waals surface area contributed by atoms with E-state index in [-0.39, 0.29) is 17.5 Å². The molecule has 2 rings (SSSR count). The summed E-state index contributed by atoms with van der Waals surface area (Å²) < 4.78 is 5.42. The van der Waals surface area contributed by atoms with Gasteiger partial charge in [-0.3, -0.25) is 4.79 Å². The van der Waals surface area contributed by atoms with Gasteiger partial charge in [-0.2, -0.15) is 0 Å². The van der Waals surface area contributed by atoms with E-state index in [1.54, 1.807) is 0 Å². The highest BCUT2D eigenvalue weighted by Crippen LogP contribution is 2.30. The van der Waals surface area contributed by atoms with Gasteiger partial charge in [-0.1, -0.05) is 13.8 Å². The highest BCUT2D eigenvalue weighted by atomic mass is 16.5. The summed E-state index contributed by atoms with van der Waals surface area (Å²) in [6.07, 6.45) is 1.89. The van der Waals surface area contributed by atoms with Crippen LogP contribution in [0.3, 0.4) is 0 Å². The predicted octanol–water partition coefficient (Wildman–Crippen LogP) is 0.764. The van der Waals surface area contributed by atoms with Gasteiger partial charge >= 0.3 is 0 Å². The molecule has 2 atom stereocenters. The Balaban J connectivity index is 2.01. The fourth-order valence-electron chi connectivity index (χ4n) is 2.64. The third-order valence-electron chi connectivity index (χ3n) is 3.59. The second-order valence-electron chi connectivity index (χ2n) is 5.45. The summed E-state index contributed by atoms with van der Waals surface area (Å²) in [5.41, 5.74) is -0.0650. The molecule has 16 heavy (non-hydrogen) atoms. The number of amides is 1. The smallest absolute Gasteiger partial charge is 0.240 e. The minimum absolute atomic E-state index is 0.0115. The summed E-state index contributed by atoms with van der Waals surface area (Å²) in [6, 6.07) is 0.374. The molecular weight excluding hydrogens is 204 g/mol. The van der Waals surface area contributed by atoms with Crippen LogP contribution >= 0.6 is 0 Å². The highest BCUT2D eigenvalue weighted by molar-refractivity contribution is 5.84. The first-order chi connectivity index (χ1) is 7.53. The zero-order chi connectivity index (χ0) is 11.8. The fraction of sp³-hybridized carbons (Fsp3) is 0.917. The quantitative estimate of drug-likeness (QED) is 0.772. The van der Waals surface area contributed by atoms with Crippen LogP contribution < -0.4 is 5.32 Å². The minimum Gasteiger partial charge on any atom is -0.379 e. The lowest BCUT2D eigenvalue weighted by atomic mass is 10.00. The lowest BCUT2D eigenvalue weighted by molar-refractivity contribution is -0.134. The Morgan fingerprint density at radius 1 is 1.56 bits per heavy atom. The Labute approximate surface area is 97.3 Å². The number of ether oxygens (including phenoxy) is 1. The van der Waals surface area contributed by atoms with Gasteiger partial charge in [0, 0.05) is 19.2 Å². The van der Waals surface area contributed by atoms with Crippen molar-refractivity contribution in [3.8, 4) is 0 Å². The number of nitrogens with zero attached hydrogens (tertiary/aromatic N) is 1. The van der Waals surface area contributed by atoms with Crippen LogP contribution in [0.25, 0.3) is 0 Å². The Hall–Kier alpha value is -0.610. The van der Waals surface area contributed by atoms with Gasteiger partial charge in [0.25, 0.3) is 0 Å². The average molecular weight is 226 g/mol. The molecule has 1 amide bonds. The molecule has 0 spiro atoms. The van der Waals surface area contributed by atoms with E-state index in [0.717, 1.165) is 26.0 Å². The van der Waals surface area contributed by atoms with Crippen LogP contribution in [0.1, 0.15) is 33.6 Å². The minimum atomic E-state index is -0.0650. The molecule has 0 radical (unpaired) electrons. The molecule has 92 valence electrons. The number of hydrogen-bond acceptors (Lipinski definition) is 3. The molecule has 4 nitrogen and oxygen atoms in total. The highest BCUT2D eigenvalue weighted by Gasteiger charge is 2.44. The molecule has 0 aliphatic carbocycles. The number of carbonyl (C=O) groups excluding carboxylic acids is 1. The molecule has 2 unspecified atom stereocenters. The van der Waals surface area contributed by atoms with Gasteiger partial charge in [-0.05, 0) is 19.8 Å². The van der Waals surface area contributed by atoms with Crippen molar-refractivity contribution in [1.29, 1.82) is 0 Å². The van der Waals surface area contributed by atoms with Crippen LogP contribution in [0, 0.1) is 0 Å². The van der Waals surface area contributed by atoms with Crippen LogP contribution in [-0.2, 0) is 9.53 Å². The Bertz CT molecular complexity index is 272. The van der Waals surface area contributed by atoms with E-state index in [0.29, 0.717) is 12.6 Å². The molecule has 2 aliphatic rings. The lowest BCUT2D eigenvalue weighted by Gasteiger charge is -2.34. The maximum Gasteiger partial charge on any atom is 0.240 e. The maximum absolute atomic E-state index is 12.2. The zero-order valence-corrected chi connectivity index (χ0v) is 10.5. The average Bonchev–Trinajstić information content (AvgIpc) is 2.75. The van der Waals surface area contributed by atoms with E-state index >= 15 is 0 Å². The standard InChI is InChI=1S/C12H22N2O2/c1-9(2)13-10-4-6-14(11(10)15)12(3)5-7-16-8-12/h9-10,13H,4-8H2,1-3H3. The monoisotopic (exact) mass is 226 g/mol. The summed E-state index contributed by atoms with van der Waals surface area (Å²) in [5, 5.41) is 3.33. The van der Waals surface area contributed by atoms with Crippen molar-refractivity contribution >= 4 is 5.91 Å². The zero-order valence-electron chi connectivity index (χ0n) is 10.5. The van der Waals surface area contributed by atoms with Gasteiger partial charge in [0.2, 0.25) is 5.91 Å². The summed E-state index contributed by atoms with van der Waals surface area (Å²) in [5.74, 6) is 0.252. The third kappa shape index (κ3) is 2.09. The number of nitrogens with one attached hydrogen (secondary N) is 1. The Morgan fingerprint density at radius 3 is 2.88 bits per heavy atom. The molecule has 4 heteroatoms. The Kier molecular flexibility index (Phi) is 3.22. The van der Waals surface area contributed by atoms with Crippen molar-refractivity contribution in [2.75, 3.05) is 19.8 Å². The maximum atomic E-state index is 12.2. The van der Waals surface area contributed by atoms with Crippen molar-refractivity contribution in [1.82, 2.24) is 10.2 Å². The Morgan fingerprint density at radius 2 is 2.31 bits per heavy atom. The van der Waals surface area contributed by atoms with Crippen LogP contribution in [0.5, 0.6) is 0 Å². The molecule has 0 bridgehead atoms. The summed E-state index contributed by atoms with van der Waals surface area (Å²) in [6.45, 7) is 8.63. The topological polar surface area (TPSA) is 41.6 Å². The molecule has 2 saturated heterocycles. The first-order valence-electron chi connectivity index (χ1n) is 6.18. The summed E-state index contributed by atoms with van der Waals surface area (Å²) in [7, 11) is 0. The molecule has 0 aromatic rings. The predicted molar refractivity (Wildman–Crippen MR) is 62.2 cm³/mol. The van der Waals surface area contributed by atoms with Crippen LogP contribution in [0.15, 0.2) is 0 Å². The second-order valence-corrected chi connectivity index (χ2v) is 5.45. The lowest BCUT2D eigenvalue weighted by Crippen LogP contribution is -2.51. The van der Waals surface area contributed by atoms with Crippen LogP contribution in [-0.4, -0.2) is 48.2 Å². The fourth-order valence-corrected chi connectivity index (χ4v) is 2.64. The molecule has 1 N–H and O–H groups in total. The van der Waals surface area contributed by atoms with Gasteiger partial charge in [-0.15, -0.1) is 0 Å². The van der Waals surface area contributed by atoms with E-state index < -0.39 is 0 Å². The van der Waals surface area contributed by atoms with Gasteiger partial charge in [0.15, 0.2) is 0 Å². The van der Waals surface area contributed by atoms with E-state index in [1.807, 2.05) is 4.90 Å². The number of hydrogen-bond donors (Lipinski definition) is 1. The molecule has 0 aromatic heterocycles. The van der Waals surface area contributed by atoms with Gasteiger partial charge < -0.3 is 15.0 Å². The first kappa shape index (κ1) is 11.9. The van der Waals surface area contributed by atoms with Crippen molar-refractivity contribution < 1.29 is 9.53 Å². The molecule has 2 aliphatic heterocycles. The molecule has 0 saturated carbocycles. The van der Waals surface area contributed by atoms with Crippen molar-refractivity contribution in [3.63, 3.8) is 0 Å². The van der Waals surface area contributed by atoms with Crippen molar-refractivity contribution in [2.45, 2.75) is 51.2 Å². The molecule has 0 aromatic carbocycles. The van der Waals surface area contributed by atoms with Crippen molar-refractivity contribution in [2.24, 2.45) is 0 Å². The van der Waals surface area contributed by atoms with E-state index in [1.165, 1.54) is 0 Å². The second kappa shape index (κ2) is 4.34. The van der Waals surface area contributed by atoms with E-state index in [2.05, 4.69) is 26.1 Å². The SMILES string of the molecule is CC(C)NC1CCN(C2(C)CCOC2)C1=O. The van der Waals surface area contributed by atoms with E-state index in [9.17, 15) is 4.79 Å². The van der Waals surface area contributed by atoms with Gasteiger partial charge in [0.05, 0.1) is 18.2 Å². The molecule has 2 heterocycles. The summed E-state index contributed by atoms with van der Waals surface area (Å²) in [4.78, 5) is 14.3. The molecule has 2 fully saturated rings. The number of rotatable bonds is 3. The van der Waals surface area contributed by atoms with Crippen molar-refractivity contribution in [3.05, 3.63) is 0 Å². The normalized spacial score (nSPS) is 35.4. The third-order valence-corrected chi connectivity index (χ3v) is 3.59. The largest absolute Gasteiger partial charge is 0.379 e. The molecular formula is C12H22N2O2. The summed E-state index contributed by atoms with van der Waals surface area (Å²) >= 11 is 0. The number of likely N-dealkylation sites (tertiary alicyclic amines) is 1. The van der Waals surface area contributed by atoms with Crippen LogP contribution in [0.2, 0.25) is 0 Å². The number of carbonyl (C=O) groups is 1. The first-order valence-corrected chi connectivity index (χ1v) is 6.18.